The maximum absolute atomic E-state index is 4.20. The van der Waals surface area contributed by atoms with Crippen molar-refractivity contribution in [3.05, 3.63) is 97.3 Å². The van der Waals surface area contributed by atoms with Crippen LogP contribution in [0.1, 0.15) is 18.1 Å². The van der Waals surface area contributed by atoms with Crippen molar-refractivity contribution in [1.82, 2.24) is 20.2 Å². The minimum atomic E-state index is 0.734. The van der Waals surface area contributed by atoms with E-state index in [-0.39, 0.29) is 0 Å². The van der Waals surface area contributed by atoms with E-state index in [1.54, 1.807) is 12.4 Å². The summed E-state index contributed by atoms with van der Waals surface area (Å²) in [5.41, 5.74) is 9.24. The Balaban J connectivity index is 1.71. The van der Waals surface area contributed by atoms with Crippen LogP contribution in [0.15, 0.2) is 91.2 Å². The van der Waals surface area contributed by atoms with Crippen LogP contribution >= 0.6 is 0 Å². The Morgan fingerprint density at radius 1 is 1.26 bits per heavy atom. The smallest absolute Gasteiger partial charge is 0.0869 e. The molecular formula is C22H25N5. The molecule has 0 unspecified atom stereocenters. The Morgan fingerprint density at radius 2 is 2.04 bits per heavy atom. The van der Waals surface area contributed by atoms with E-state index < -0.39 is 0 Å². The van der Waals surface area contributed by atoms with Crippen LogP contribution in [-0.2, 0) is 0 Å². The molecule has 0 saturated heterocycles. The van der Waals surface area contributed by atoms with Crippen LogP contribution in [-0.4, -0.2) is 28.9 Å². The Kier molecular flexibility index (Phi) is 5.61. The molecule has 0 amide bonds. The van der Waals surface area contributed by atoms with Crippen molar-refractivity contribution in [3.8, 4) is 5.69 Å². The number of aromatic nitrogens is 1. The number of hydrogen-bond acceptors (Lipinski definition) is 4. The van der Waals surface area contributed by atoms with Crippen LogP contribution in [0, 0.1) is 0 Å². The lowest BCUT2D eigenvalue weighted by atomic mass is 10.0. The van der Waals surface area contributed by atoms with E-state index in [4.69, 9.17) is 0 Å². The molecule has 5 heteroatoms. The SMILES string of the molecule is C=CNCN1C=C(c2ccc(-n3ccc(/C=N/NC(=C)C)c3)cc2)C(=C)C1. The minimum absolute atomic E-state index is 0.734. The summed E-state index contributed by atoms with van der Waals surface area (Å²) in [6.45, 7) is 15.1. The molecule has 0 bridgehead atoms. The maximum atomic E-state index is 4.20. The number of hydrogen-bond donors (Lipinski definition) is 2. The lowest BCUT2D eigenvalue weighted by Gasteiger charge is -2.14. The number of allylic oxidation sites excluding steroid dienone is 1. The molecule has 1 aliphatic rings. The van der Waals surface area contributed by atoms with Gasteiger partial charge in [-0.25, -0.2) is 0 Å². The van der Waals surface area contributed by atoms with E-state index >= 15 is 0 Å². The van der Waals surface area contributed by atoms with Crippen LogP contribution in [0.25, 0.3) is 11.3 Å². The normalized spacial score (nSPS) is 13.7. The maximum Gasteiger partial charge on any atom is 0.0869 e. The monoisotopic (exact) mass is 359 g/mol. The molecule has 1 aromatic carbocycles. The molecule has 0 spiro atoms. The Bertz CT molecular complexity index is 899. The van der Waals surface area contributed by atoms with E-state index in [1.807, 2.05) is 25.4 Å². The Labute approximate surface area is 160 Å². The van der Waals surface area contributed by atoms with Crippen LogP contribution < -0.4 is 10.7 Å². The van der Waals surface area contributed by atoms with Gasteiger partial charge < -0.3 is 14.8 Å². The van der Waals surface area contributed by atoms with Crippen LogP contribution in [0.5, 0.6) is 0 Å². The summed E-state index contributed by atoms with van der Waals surface area (Å²) in [5.74, 6) is 0. The first-order chi connectivity index (χ1) is 13.1. The molecule has 2 heterocycles. The zero-order chi connectivity index (χ0) is 19.2. The van der Waals surface area contributed by atoms with Gasteiger partial charge in [0.25, 0.3) is 0 Å². The molecule has 5 nitrogen and oxygen atoms in total. The van der Waals surface area contributed by atoms with Crippen molar-refractivity contribution in [2.45, 2.75) is 6.92 Å². The highest BCUT2D eigenvalue weighted by Crippen LogP contribution is 2.29. The van der Waals surface area contributed by atoms with Crippen molar-refractivity contribution in [3.63, 3.8) is 0 Å². The van der Waals surface area contributed by atoms with E-state index in [0.29, 0.717) is 0 Å². The number of nitrogens with one attached hydrogen (secondary N) is 2. The highest BCUT2D eigenvalue weighted by Gasteiger charge is 2.17. The lowest BCUT2D eigenvalue weighted by molar-refractivity contribution is 0.409. The molecule has 27 heavy (non-hydrogen) atoms. The van der Waals surface area contributed by atoms with Gasteiger partial charge in [-0.05, 0) is 42.5 Å². The highest BCUT2D eigenvalue weighted by atomic mass is 15.3. The predicted octanol–water partition coefficient (Wildman–Crippen LogP) is 3.84. The third kappa shape index (κ3) is 4.58. The average molecular weight is 359 g/mol. The molecule has 138 valence electrons. The standard InChI is InChI=1S/C22H25N5/c1-5-23-16-26-13-18(4)22(15-26)20-6-8-21(9-7-20)27-11-10-19(14-27)12-24-25-17(2)3/h5-12,14-15,23,25H,1-2,4,13,16H2,3H3/b24-12+. The number of rotatable bonds is 8. The zero-order valence-corrected chi connectivity index (χ0v) is 15.7. The minimum Gasteiger partial charge on any atom is -0.374 e. The summed E-state index contributed by atoms with van der Waals surface area (Å²) >= 11 is 0. The van der Waals surface area contributed by atoms with Crippen molar-refractivity contribution in [2.24, 2.45) is 5.10 Å². The second kappa shape index (κ2) is 8.27. The summed E-state index contributed by atoms with van der Waals surface area (Å²) in [4.78, 5) is 2.18. The van der Waals surface area contributed by atoms with Crippen molar-refractivity contribution in [1.29, 1.82) is 0 Å². The summed E-state index contributed by atoms with van der Waals surface area (Å²) < 4.78 is 2.07. The third-order valence-corrected chi connectivity index (χ3v) is 4.19. The van der Waals surface area contributed by atoms with Gasteiger partial charge in [-0.1, -0.05) is 31.9 Å². The average Bonchev–Trinajstić information content (AvgIpc) is 3.26. The second-order valence-corrected chi connectivity index (χ2v) is 6.51. The van der Waals surface area contributed by atoms with Crippen molar-refractivity contribution >= 4 is 11.8 Å². The third-order valence-electron chi connectivity index (χ3n) is 4.19. The van der Waals surface area contributed by atoms with Gasteiger partial charge in [-0.15, -0.1) is 0 Å². The summed E-state index contributed by atoms with van der Waals surface area (Å²) in [6.07, 6.45) is 9.68. The van der Waals surface area contributed by atoms with E-state index in [1.165, 1.54) is 11.1 Å². The first-order valence-electron chi connectivity index (χ1n) is 8.78. The molecule has 2 N–H and O–H groups in total. The van der Waals surface area contributed by atoms with E-state index in [0.717, 1.165) is 35.7 Å². The molecule has 1 aromatic heterocycles. The van der Waals surface area contributed by atoms with Crippen LogP contribution in [0.3, 0.4) is 0 Å². The predicted molar refractivity (Wildman–Crippen MR) is 113 cm³/mol. The van der Waals surface area contributed by atoms with E-state index in [9.17, 15) is 0 Å². The Morgan fingerprint density at radius 3 is 2.74 bits per heavy atom. The molecule has 0 fully saturated rings. The van der Waals surface area contributed by atoms with Crippen molar-refractivity contribution < 1.29 is 0 Å². The highest BCUT2D eigenvalue weighted by molar-refractivity contribution is 5.81. The fourth-order valence-electron chi connectivity index (χ4n) is 2.89. The molecule has 3 rings (SSSR count). The Hall–Kier alpha value is -3.47. The molecule has 0 saturated carbocycles. The molecule has 1 aliphatic heterocycles. The fraction of sp³-hybridized carbons (Fsp3) is 0.136. The molecule has 2 aromatic rings. The van der Waals surface area contributed by atoms with Gasteiger partial charge in [0.05, 0.1) is 12.9 Å². The van der Waals surface area contributed by atoms with Gasteiger partial charge in [0.1, 0.15) is 0 Å². The van der Waals surface area contributed by atoms with Crippen LogP contribution in [0.2, 0.25) is 0 Å². The number of benzene rings is 1. The fourth-order valence-corrected chi connectivity index (χ4v) is 2.89. The molecular weight excluding hydrogens is 334 g/mol. The van der Waals surface area contributed by atoms with Gasteiger partial charge in [-0.2, -0.15) is 5.10 Å². The van der Waals surface area contributed by atoms with Gasteiger partial charge in [-0.3, -0.25) is 5.43 Å². The first-order valence-corrected chi connectivity index (χ1v) is 8.78. The topological polar surface area (TPSA) is 44.6 Å². The quantitative estimate of drug-likeness (QED) is 0.556. The lowest BCUT2D eigenvalue weighted by Crippen LogP contribution is -2.25. The van der Waals surface area contributed by atoms with Crippen molar-refractivity contribution in [2.75, 3.05) is 13.2 Å². The van der Waals surface area contributed by atoms with E-state index in [2.05, 4.69) is 75.5 Å². The van der Waals surface area contributed by atoms with Gasteiger partial charge >= 0.3 is 0 Å². The molecule has 0 radical (unpaired) electrons. The number of nitrogens with zero attached hydrogens (tertiary/aromatic N) is 3. The largest absolute Gasteiger partial charge is 0.374 e. The summed E-state index contributed by atoms with van der Waals surface area (Å²) in [6, 6.07) is 10.5. The first kappa shape index (κ1) is 18.3. The van der Waals surface area contributed by atoms with Crippen LogP contribution in [0.4, 0.5) is 0 Å². The zero-order valence-electron chi connectivity index (χ0n) is 15.7. The molecule has 0 aliphatic carbocycles. The van der Waals surface area contributed by atoms with Gasteiger partial charge in [0.15, 0.2) is 0 Å². The molecule has 0 atom stereocenters. The second-order valence-electron chi connectivity index (χ2n) is 6.51. The number of hydrazone groups is 1. The summed E-state index contributed by atoms with van der Waals surface area (Å²) in [7, 11) is 0. The van der Waals surface area contributed by atoms with Gasteiger partial charge in [0.2, 0.25) is 0 Å². The van der Waals surface area contributed by atoms with Gasteiger partial charge in [0, 0.05) is 47.7 Å². The summed E-state index contributed by atoms with van der Waals surface area (Å²) in [5, 5.41) is 7.25.